The average Bonchev–Trinajstić information content (AvgIpc) is 3.30. The fraction of sp³-hybridized carbons (Fsp3) is 0.409. The highest BCUT2D eigenvalue weighted by atomic mass is 127. The Labute approximate surface area is 204 Å². The SMILES string of the molecule is CCOC(=O)c1sc(C(C)NC(=NC)NCCc2c[nH]c3cc(C)ccc23)nc1C.I. The number of aromatic amines is 1. The van der Waals surface area contributed by atoms with E-state index in [2.05, 4.69) is 56.9 Å². The molecule has 0 radical (unpaired) electrons. The molecule has 1 unspecified atom stereocenters. The fourth-order valence-electron chi connectivity index (χ4n) is 3.27. The highest BCUT2D eigenvalue weighted by molar-refractivity contribution is 14.0. The summed E-state index contributed by atoms with van der Waals surface area (Å²) in [5.74, 6) is 0.381. The van der Waals surface area contributed by atoms with E-state index in [9.17, 15) is 4.79 Å². The molecule has 7 nitrogen and oxygen atoms in total. The van der Waals surface area contributed by atoms with Gasteiger partial charge in [-0.3, -0.25) is 4.99 Å². The van der Waals surface area contributed by atoms with Gasteiger partial charge in [0.15, 0.2) is 5.96 Å². The van der Waals surface area contributed by atoms with Crippen LogP contribution in [0.1, 0.15) is 51.4 Å². The van der Waals surface area contributed by atoms with E-state index < -0.39 is 0 Å². The third kappa shape index (κ3) is 6.19. The van der Waals surface area contributed by atoms with Crippen molar-refractivity contribution in [3.05, 3.63) is 51.1 Å². The van der Waals surface area contributed by atoms with Crippen LogP contribution in [-0.4, -0.2) is 42.1 Å². The van der Waals surface area contributed by atoms with Gasteiger partial charge >= 0.3 is 5.97 Å². The Kier molecular flexibility index (Phi) is 9.30. The molecule has 0 spiro atoms. The number of hydrogen-bond acceptors (Lipinski definition) is 5. The molecule has 0 aliphatic rings. The van der Waals surface area contributed by atoms with Crippen molar-refractivity contribution < 1.29 is 9.53 Å². The van der Waals surface area contributed by atoms with Gasteiger partial charge in [-0.2, -0.15) is 0 Å². The van der Waals surface area contributed by atoms with Crippen molar-refractivity contribution in [3.63, 3.8) is 0 Å². The van der Waals surface area contributed by atoms with Gasteiger partial charge < -0.3 is 20.4 Å². The summed E-state index contributed by atoms with van der Waals surface area (Å²) in [5.41, 5.74) is 4.38. The molecule has 3 N–H and O–H groups in total. The Morgan fingerprint density at radius 3 is 2.84 bits per heavy atom. The van der Waals surface area contributed by atoms with Crippen molar-refractivity contribution >= 4 is 58.1 Å². The van der Waals surface area contributed by atoms with Gasteiger partial charge in [-0.1, -0.05) is 12.1 Å². The highest BCUT2D eigenvalue weighted by Gasteiger charge is 2.20. The lowest BCUT2D eigenvalue weighted by molar-refractivity contribution is 0.0531. The van der Waals surface area contributed by atoms with Gasteiger partial charge in [0.05, 0.1) is 18.3 Å². The summed E-state index contributed by atoms with van der Waals surface area (Å²) in [6, 6.07) is 6.38. The summed E-state index contributed by atoms with van der Waals surface area (Å²) in [6.07, 6.45) is 2.95. The first kappa shape index (κ1) is 25.1. The molecule has 1 atom stereocenters. The Balaban J connectivity index is 0.00000341. The summed E-state index contributed by atoms with van der Waals surface area (Å²) >= 11 is 1.36. The van der Waals surface area contributed by atoms with E-state index in [1.54, 1.807) is 14.0 Å². The van der Waals surface area contributed by atoms with Crippen LogP contribution in [0.25, 0.3) is 10.9 Å². The van der Waals surface area contributed by atoms with Gasteiger partial charge in [-0.15, -0.1) is 35.3 Å². The molecule has 0 fully saturated rings. The van der Waals surface area contributed by atoms with E-state index in [4.69, 9.17) is 4.74 Å². The predicted molar refractivity (Wildman–Crippen MR) is 138 cm³/mol. The minimum absolute atomic E-state index is 0. The van der Waals surface area contributed by atoms with Gasteiger partial charge in [-0.05, 0) is 51.3 Å². The molecule has 168 valence electrons. The van der Waals surface area contributed by atoms with E-state index >= 15 is 0 Å². The van der Waals surface area contributed by atoms with Gasteiger partial charge in [0, 0.05) is 30.7 Å². The largest absolute Gasteiger partial charge is 0.462 e. The number of aliphatic imine (C=N–C) groups is 1. The monoisotopic (exact) mass is 555 g/mol. The smallest absolute Gasteiger partial charge is 0.350 e. The van der Waals surface area contributed by atoms with Crippen LogP contribution in [0.4, 0.5) is 0 Å². The molecule has 0 saturated heterocycles. The van der Waals surface area contributed by atoms with Crippen LogP contribution in [0.3, 0.4) is 0 Å². The number of ether oxygens (including phenoxy) is 1. The summed E-state index contributed by atoms with van der Waals surface area (Å²) in [7, 11) is 1.74. The number of esters is 1. The fourth-order valence-corrected chi connectivity index (χ4v) is 4.24. The lowest BCUT2D eigenvalue weighted by Crippen LogP contribution is -2.39. The second-order valence-corrected chi connectivity index (χ2v) is 8.20. The van der Waals surface area contributed by atoms with Gasteiger partial charge in [-0.25, -0.2) is 9.78 Å². The van der Waals surface area contributed by atoms with E-state index in [0.29, 0.717) is 23.1 Å². The quantitative estimate of drug-likeness (QED) is 0.173. The molecule has 0 saturated carbocycles. The number of hydrogen-bond donors (Lipinski definition) is 3. The molecule has 0 bridgehead atoms. The van der Waals surface area contributed by atoms with Crippen molar-refractivity contribution in [2.75, 3.05) is 20.2 Å². The molecule has 1 aromatic carbocycles. The number of halogens is 1. The average molecular weight is 555 g/mol. The number of rotatable bonds is 7. The second kappa shape index (κ2) is 11.5. The summed E-state index contributed by atoms with van der Waals surface area (Å²) in [4.78, 5) is 24.8. The molecular formula is C22H30IN5O2S. The number of aromatic nitrogens is 2. The van der Waals surface area contributed by atoms with E-state index in [-0.39, 0.29) is 36.0 Å². The molecule has 2 heterocycles. The van der Waals surface area contributed by atoms with Crippen LogP contribution in [0, 0.1) is 13.8 Å². The molecule has 9 heteroatoms. The zero-order valence-corrected chi connectivity index (χ0v) is 21.7. The van der Waals surface area contributed by atoms with Gasteiger partial charge in [0.2, 0.25) is 0 Å². The number of carbonyl (C=O) groups is 1. The van der Waals surface area contributed by atoms with E-state index in [0.717, 1.165) is 23.5 Å². The van der Waals surface area contributed by atoms with Crippen molar-refractivity contribution in [1.82, 2.24) is 20.6 Å². The second-order valence-electron chi connectivity index (χ2n) is 7.17. The maximum Gasteiger partial charge on any atom is 0.350 e. The number of carbonyl (C=O) groups excluding carboxylic acids is 1. The summed E-state index contributed by atoms with van der Waals surface area (Å²) in [6.45, 7) is 8.82. The zero-order valence-electron chi connectivity index (χ0n) is 18.5. The van der Waals surface area contributed by atoms with Crippen LogP contribution in [0.2, 0.25) is 0 Å². The van der Waals surface area contributed by atoms with Crippen LogP contribution in [-0.2, 0) is 11.2 Å². The first-order valence-corrected chi connectivity index (χ1v) is 10.9. The van der Waals surface area contributed by atoms with Crippen molar-refractivity contribution in [1.29, 1.82) is 0 Å². The number of H-pyrrole nitrogens is 1. The number of guanidine groups is 1. The van der Waals surface area contributed by atoms with Crippen LogP contribution < -0.4 is 10.6 Å². The Bertz CT molecular complexity index is 1060. The summed E-state index contributed by atoms with van der Waals surface area (Å²) < 4.78 is 5.10. The van der Waals surface area contributed by atoms with Gasteiger partial charge in [0.1, 0.15) is 9.88 Å². The molecule has 0 amide bonds. The number of benzene rings is 1. The summed E-state index contributed by atoms with van der Waals surface area (Å²) in [5, 5.41) is 8.78. The van der Waals surface area contributed by atoms with Crippen molar-refractivity contribution in [2.24, 2.45) is 4.99 Å². The number of thiazole rings is 1. The molecule has 31 heavy (non-hydrogen) atoms. The van der Waals surface area contributed by atoms with Crippen molar-refractivity contribution in [2.45, 2.75) is 40.2 Å². The van der Waals surface area contributed by atoms with Crippen LogP contribution in [0.5, 0.6) is 0 Å². The highest BCUT2D eigenvalue weighted by Crippen LogP contribution is 2.24. The van der Waals surface area contributed by atoms with E-state index in [1.165, 1.54) is 27.8 Å². The molecule has 3 rings (SSSR count). The molecule has 3 aromatic rings. The van der Waals surface area contributed by atoms with Crippen LogP contribution in [0.15, 0.2) is 29.4 Å². The minimum Gasteiger partial charge on any atom is -0.462 e. The first-order valence-electron chi connectivity index (χ1n) is 10.1. The normalized spacial score (nSPS) is 12.4. The Morgan fingerprint density at radius 1 is 1.35 bits per heavy atom. The Morgan fingerprint density at radius 2 is 2.13 bits per heavy atom. The maximum absolute atomic E-state index is 12.0. The first-order chi connectivity index (χ1) is 14.4. The van der Waals surface area contributed by atoms with E-state index in [1.807, 2.05) is 13.8 Å². The molecule has 2 aromatic heterocycles. The van der Waals surface area contributed by atoms with Crippen LogP contribution >= 0.6 is 35.3 Å². The molecular weight excluding hydrogens is 525 g/mol. The third-order valence-corrected chi connectivity index (χ3v) is 6.15. The standard InChI is InChI=1S/C22H29N5O2S.HI/c1-6-29-21(28)19-14(3)26-20(30-19)15(4)27-22(23-5)24-10-9-16-12-25-18-11-13(2)7-8-17(16)18;/h7-8,11-12,15,25H,6,9-10H2,1-5H3,(H2,23,24,27);1H. The minimum atomic E-state index is -0.317. The molecule has 0 aliphatic heterocycles. The number of fused-ring (bicyclic) bond motifs is 1. The molecule has 0 aliphatic carbocycles. The Hall–Kier alpha value is -2.14. The zero-order chi connectivity index (χ0) is 21.7. The third-order valence-electron chi connectivity index (χ3n) is 4.83. The van der Waals surface area contributed by atoms with Gasteiger partial charge in [0.25, 0.3) is 0 Å². The topological polar surface area (TPSA) is 91.4 Å². The van der Waals surface area contributed by atoms with Crippen molar-refractivity contribution in [3.8, 4) is 0 Å². The number of aryl methyl sites for hydroxylation is 2. The predicted octanol–water partition coefficient (Wildman–Crippen LogP) is 4.50. The number of nitrogens with one attached hydrogen (secondary N) is 3. The maximum atomic E-state index is 12.0. The lowest BCUT2D eigenvalue weighted by Gasteiger charge is -2.16. The number of nitrogens with zero attached hydrogens (tertiary/aromatic N) is 2. The lowest BCUT2D eigenvalue weighted by atomic mass is 10.1.